The van der Waals surface area contributed by atoms with Crippen molar-refractivity contribution in [2.45, 2.75) is 11.8 Å². The summed E-state index contributed by atoms with van der Waals surface area (Å²) >= 11 is 3.26. The molecule has 0 saturated carbocycles. The molecule has 0 fully saturated rings. The Labute approximate surface area is 120 Å². The first-order valence-corrected chi connectivity index (χ1v) is 7.80. The Morgan fingerprint density at radius 1 is 1.16 bits per heavy atom. The quantitative estimate of drug-likeness (QED) is 0.843. The maximum absolute atomic E-state index is 12.2. The first kappa shape index (κ1) is 13.9. The number of sulfonamides is 1. The van der Waals surface area contributed by atoms with E-state index in [0.717, 1.165) is 5.56 Å². The topological polar surface area (TPSA) is 72.2 Å². The smallest absolute Gasteiger partial charge is 0.261 e. The second-order valence-corrected chi connectivity index (χ2v) is 6.70. The van der Waals surface area contributed by atoms with Crippen LogP contribution in [0.25, 0.3) is 0 Å². The molecule has 0 aliphatic rings. The normalized spacial score (nSPS) is 11.3. The second-order valence-electron chi connectivity index (χ2n) is 4.16. The minimum absolute atomic E-state index is 0.237. The fourth-order valence-electron chi connectivity index (χ4n) is 1.59. The highest BCUT2D eigenvalue weighted by Crippen LogP contribution is 2.25. The van der Waals surface area contributed by atoms with Crippen LogP contribution < -0.4 is 10.5 Å². The highest BCUT2D eigenvalue weighted by atomic mass is 79.9. The molecule has 100 valence electrons. The number of benzene rings is 2. The molecule has 0 saturated heterocycles. The van der Waals surface area contributed by atoms with E-state index in [4.69, 9.17) is 5.73 Å². The number of anilines is 2. The van der Waals surface area contributed by atoms with Gasteiger partial charge < -0.3 is 5.73 Å². The van der Waals surface area contributed by atoms with E-state index in [0.29, 0.717) is 15.8 Å². The van der Waals surface area contributed by atoms with Gasteiger partial charge in [-0.15, -0.1) is 0 Å². The third-order valence-corrected chi connectivity index (χ3v) is 4.62. The van der Waals surface area contributed by atoms with Crippen molar-refractivity contribution in [3.05, 3.63) is 52.5 Å². The Hall–Kier alpha value is -1.53. The summed E-state index contributed by atoms with van der Waals surface area (Å²) in [6, 6.07) is 11.6. The van der Waals surface area contributed by atoms with Crippen molar-refractivity contribution in [2.75, 3.05) is 10.5 Å². The molecule has 0 radical (unpaired) electrons. The number of nitrogens with one attached hydrogen (secondary N) is 1. The lowest BCUT2D eigenvalue weighted by Crippen LogP contribution is -2.13. The minimum atomic E-state index is -3.58. The Bertz CT molecular complexity index is 714. The molecule has 19 heavy (non-hydrogen) atoms. The Kier molecular flexibility index (Phi) is 3.82. The van der Waals surface area contributed by atoms with E-state index in [1.807, 2.05) is 13.0 Å². The molecule has 3 N–H and O–H groups in total. The number of nitrogen functional groups attached to an aromatic ring is 1. The number of hydrogen-bond acceptors (Lipinski definition) is 3. The molecule has 0 spiro atoms. The van der Waals surface area contributed by atoms with Gasteiger partial charge in [-0.3, -0.25) is 4.72 Å². The van der Waals surface area contributed by atoms with Crippen molar-refractivity contribution in [3.63, 3.8) is 0 Å². The maximum atomic E-state index is 12.2. The number of aryl methyl sites for hydroxylation is 1. The van der Waals surface area contributed by atoms with E-state index in [1.54, 1.807) is 36.4 Å². The van der Waals surface area contributed by atoms with Crippen molar-refractivity contribution >= 4 is 37.3 Å². The van der Waals surface area contributed by atoms with E-state index >= 15 is 0 Å². The van der Waals surface area contributed by atoms with Gasteiger partial charge in [0, 0.05) is 10.2 Å². The fraction of sp³-hybridized carbons (Fsp3) is 0.0769. The van der Waals surface area contributed by atoms with Crippen molar-refractivity contribution in [1.82, 2.24) is 0 Å². The van der Waals surface area contributed by atoms with Gasteiger partial charge in [0.25, 0.3) is 10.0 Å². The molecule has 4 nitrogen and oxygen atoms in total. The van der Waals surface area contributed by atoms with Gasteiger partial charge in [0.15, 0.2) is 0 Å². The number of hydrogen-bond donors (Lipinski definition) is 2. The Morgan fingerprint density at radius 2 is 1.89 bits per heavy atom. The van der Waals surface area contributed by atoms with Gasteiger partial charge in [0.1, 0.15) is 0 Å². The lowest BCUT2D eigenvalue weighted by molar-refractivity contribution is 0.601. The van der Waals surface area contributed by atoms with Crippen LogP contribution in [0, 0.1) is 6.92 Å². The van der Waals surface area contributed by atoms with Crippen LogP contribution >= 0.6 is 15.9 Å². The van der Waals surface area contributed by atoms with Crippen LogP contribution in [0.5, 0.6) is 0 Å². The van der Waals surface area contributed by atoms with Crippen LogP contribution in [0.4, 0.5) is 11.4 Å². The second kappa shape index (κ2) is 5.22. The van der Waals surface area contributed by atoms with Crippen molar-refractivity contribution in [2.24, 2.45) is 0 Å². The summed E-state index contributed by atoms with van der Waals surface area (Å²) in [5.41, 5.74) is 7.56. The molecule has 0 unspecified atom stereocenters. The maximum Gasteiger partial charge on any atom is 0.261 e. The first-order chi connectivity index (χ1) is 8.88. The Morgan fingerprint density at radius 3 is 2.53 bits per heavy atom. The fourth-order valence-corrected chi connectivity index (χ4v) is 3.12. The predicted molar refractivity (Wildman–Crippen MR) is 80.5 cm³/mol. The molecule has 0 aliphatic carbocycles. The average Bonchev–Trinajstić information content (AvgIpc) is 2.33. The van der Waals surface area contributed by atoms with Gasteiger partial charge in [0.05, 0.1) is 10.6 Å². The van der Waals surface area contributed by atoms with E-state index in [-0.39, 0.29) is 4.90 Å². The largest absolute Gasteiger partial charge is 0.398 e. The molecule has 0 heterocycles. The van der Waals surface area contributed by atoms with Gasteiger partial charge in [-0.05, 0) is 58.7 Å². The first-order valence-electron chi connectivity index (χ1n) is 5.53. The van der Waals surface area contributed by atoms with E-state index < -0.39 is 10.0 Å². The monoisotopic (exact) mass is 340 g/mol. The zero-order valence-electron chi connectivity index (χ0n) is 10.2. The molecule has 0 aromatic heterocycles. The van der Waals surface area contributed by atoms with E-state index in [1.165, 1.54) is 0 Å². The van der Waals surface area contributed by atoms with Crippen LogP contribution in [-0.4, -0.2) is 8.42 Å². The summed E-state index contributed by atoms with van der Waals surface area (Å²) in [5, 5.41) is 0. The number of halogens is 1. The van der Waals surface area contributed by atoms with E-state index in [2.05, 4.69) is 20.7 Å². The SMILES string of the molecule is Cc1cccc(S(=O)(=O)Nc2ccc(N)c(Br)c2)c1. The third kappa shape index (κ3) is 3.27. The summed E-state index contributed by atoms with van der Waals surface area (Å²) in [4.78, 5) is 0.237. The molecule has 6 heteroatoms. The highest BCUT2D eigenvalue weighted by Gasteiger charge is 2.14. The Balaban J connectivity index is 2.33. The molecule has 0 atom stereocenters. The standard InChI is InChI=1S/C13H13BrN2O2S/c1-9-3-2-4-11(7-9)19(17,18)16-10-5-6-13(15)12(14)8-10/h2-8,16H,15H2,1H3. The van der Waals surface area contributed by atoms with Crippen LogP contribution in [0.1, 0.15) is 5.56 Å². The predicted octanol–water partition coefficient (Wildman–Crippen LogP) is 3.14. The van der Waals surface area contributed by atoms with Gasteiger partial charge in [0.2, 0.25) is 0 Å². The third-order valence-electron chi connectivity index (χ3n) is 2.55. The molecular weight excluding hydrogens is 328 g/mol. The summed E-state index contributed by atoms with van der Waals surface area (Å²) in [5.74, 6) is 0. The van der Waals surface area contributed by atoms with Crippen LogP contribution in [-0.2, 0) is 10.0 Å². The molecule has 2 aromatic carbocycles. The summed E-state index contributed by atoms with van der Waals surface area (Å²) in [7, 11) is -3.58. The molecule has 0 aliphatic heterocycles. The average molecular weight is 341 g/mol. The minimum Gasteiger partial charge on any atom is -0.398 e. The van der Waals surface area contributed by atoms with Crippen LogP contribution in [0.3, 0.4) is 0 Å². The van der Waals surface area contributed by atoms with Gasteiger partial charge in [-0.25, -0.2) is 8.42 Å². The number of rotatable bonds is 3. The zero-order chi connectivity index (χ0) is 14.0. The van der Waals surface area contributed by atoms with E-state index in [9.17, 15) is 8.42 Å². The molecule has 2 rings (SSSR count). The number of nitrogens with two attached hydrogens (primary N) is 1. The van der Waals surface area contributed by atoms with Gasteiger partial charge in [-0.1, -0.05) is 12.1 Å². The lowest BCUT2D eigenvalue weighted by atomic mass is 10.2. The molecular formula is C13H13BrN2O2S. The van der Waals surface area contributed by atoms with Crippen LogP contribution in [0.15, 0.2) is 51.8 Å². The van der Waals surface area contributed by atoms with Gasteiger partial charge >= 0.3 is 0 Å². The molecule has 2 aromatic rings. The summed E-state index contributed by atoms with van der Waals surface area (Å²) in [6.07, 6.45) is 0. The van der Waals surface area contributed by atoms with Crippen LogP contribution in [0.2, 0.25) is 0 Å². The summed E-state index contributed by atoms with van der Waals surface area (Å²) < 4.78 is 27.6. The highest BCUT2D eigenvalue weighted by molar-refractivity contribution is 9.10. The van der Waals surface area contributed by atoms with Gasteiger partial charge in [-0.2, -0.15) is 0 Å². The van der Waals surface area contributed by atoms with Crippen molar-refractivity contribution in [3.8, 4) is 0 Å². The molecule has 0 bridgehead atoms. The van der Waals surface area contributed by atoms with Crippen molar-refractivity contribution in [1.29, 1.82) is 0 Å². The molecule has 0 amide bonds. The van der Waals surface area contributed by atoms with Crippen molar-refractivity contribution < 1.29 is 8.42 Å². The zero-order valence-corrected chi connectivity index (χ0v) is 12.6. The summed E-state index contributed by atoms with van der Waals surface area (Å²) in [6.45, 7) is 1.85. The lowest BCUT2D eigenvalue weighted by Gasteiger charge is -2.09.